The Bertz CT molecular complexity index is 905. The lowest BCUT2D eigenvalue weighted by Crippen LogP contribution is -2.57. The highest BCUT2D eigenvalue weighted by Crippen LogP contribution is 2.26. The summed E-state index contributed by atoms with van der Waals surface area (Å²) in [5.41, 5.74) is 0.977. The largest absolute Gasteiger partial charge is 0.490 e. The summed E-state index contributed by atoms with van der Waals surface area (Å²) >= 11 is 1.35. The van der Waals surface area contributed by atoms with E-state index < -0.39 is 0 Å². The van der Waals surface area contributed by atoms with E-state index in [4.69, 9.17) is 4.74 Å². The molecular weight excluding hydrogens is 376 g/mol. The van der Waals surface area contributed by atoms with Gasteiger partial charge >= 0.3 is 6.03 Å². The Morgan fingerprint density at radius 3 is 2.96 bits per heavy atom. The molecule has 0 radical (unpaired) electrons. The number of ether oxygens (including phenoxy) is 1. The molecule has 1 aliphatic heterocycles. The van der Waals surface area contributed by atoms with Crippen LogP contribution in [0.1, 0.15) is 0 Å². The summed E-state index contributed by atoms with van der Waals surface area (Å²) in [6, 6.07) is 13.2. The Labute approximate surface area is 166 Å². The van der Waals surface area contributed by atoms with Crippen molar-refractivity contribution in [3.05, 3.63) is 54.9 Å². The molecule has 144 valence electrons. The smallest absolute Gasteiger partial charge is 0.324 e. The number of aromatic nitrogens is 3. The second-order valence-corrected chi connectivity index (χ2v) is 7.24. The molecule has 0 saturated carbocycles. The monoisotopic (exact) mass is 396 g/mol. The van der Waals surface area contributed by atoms with Gasteiger partial charge in [0.2, 0.25) is 5.13 Å². The maximum absolute atomic E-state index is 12.8. The molecule has 0 aliphatic carbocycles. The van der Waals surface area contributed by atoms with Crippen LogP contribution in [0.15, 0.2) is 54.9 Å². The van der Waals surface area contributed by atoms with Gasteiger partial charge in [0, 0.05) is 31.4 Å². The minimum atomic E-state index is -0.197. The SMILES string of the molecule is O=C(Nc1nnc(-c2ccccc2)s1)N1CCNCC1COc1cccnc1. The molecule has 8 nitrogen and oxygen atoms in total. The highest BCUT2D eigenvalue weighted by atomic mass is 32.1. The Kier molecular flexibility index (Phi) is 5.74. The van der Waals surface area contributed by atoms with E-state index in [0.717, 1.165) is 17.1 Å². The summed E-state index contributed by atoms with van der Waals surface area (Å²) < 4.78 is 5.79. The second kappa shape index (κ2) is 8.77. The number of pyridine rings is 1. The fourth-order valence-electron chi connectivity index (χ4n) is 2.94. The van der Waals surface area contributed by atoms with E-state index >= 15 is 0 Å². The highest BCUT2D eigenvalue weighted by molar-refractivity contribution is 7.18. The van der Waals surface area contributed by atoms with Crippen LogP contribution in [-0.4, -0.2) is 58.4 Å². The van der Waals surface area contributed by atoms with Crippen LogP contribution in [0.2, 0.25) is 0 Å². The average molecular weight is 396 g/mol. The first-order valence-corrected chi connectivity index (χ1v) is 9.81. The molecule has 28 heavy (non-hydrogen) atoms. The number of piperazine rings is 1. The summed E-state index contributed by atoms with van der Waals surface area (Å²) in [5, 5.41) is 15.7. The third-order valence-corrected chi connectivity index (χ3v) is 5.24. The fraction of sp³-hybridized carbons (Fsp3) is 0.263. The van der Waals surface area contributed by atoms with E-state index in [9.17, 15) is 4.79 Å². The van der Waals surface area contributed by atoms with E-state index in [-0.39, 0.29) is 12.1 Å². The van der Waals surface area contributed by atoms with Crippen molar-refractivity contribution in [1.82, 2.24) is 25.4 Å². The standard InChI is InChI=1S/C19H20N6O2S/c26-19(22-18-24-23-17(28-18)14-5-2-1-3-6-14)25-10-9-21-11-15(25)13-27-16-7-4-8-20-12-16/h1-8,12,15,21H,9-11,13H2,(H,22,24,26). The van der Waals surface area contributed by atoms with Crippen LogP contribution in [0, 0.1) is 0 Å². The van der Waals surface area contributed by atoms with Crippen LogP contribution >= 0.6 is 11.3 Å². The lowest BCUT2D eigenvalue weighted by atomic mass is 10.2. The fourth-order valence-corrected chi connectivity index (χ4v) is 3.68. The predicted molar refractivity (Wildman–Crippen MR) is 107 cm³/mol. The minimum Gasteiger partial charge on any atom is -0.490 e. The van der Waals surface area contributed by atoms with Crippen LogP contribution in [0.25, 0.3) is 10.6 Å². The zero-order valence-corrected chi connectivity index (χ0v) is 15.9. The predicted octanol–water partition coefficient (Wildman–Crippen LogP) is 2.48. The molecule has 2 N–H and O–H groups in total. The molecule has 1 saturated heterocycles. The lowest BCUT2D eigenvalue weighted by Gasteiger charge is -2.35. The maximum Gasteiger partial charge on any atom is 0.324 e. The highest BCUT2D eigenvalue weighted by Gasteiger charge is 2.28. The second-order valence-electron chi connectivity index (χ2n) is 6.26. The van der Waals surface area contributed by atoms with Crippen molar-refractivity contribution >= 4 is 22.5 Å². The van der Waals surface area contributed by atoms with Crippen LogP contribution in [0.4, 0.5) is 9.93 Å². The van der Waals surface area contributed by atoms with Gasteiger partial charge in [-0.3, -0.25) is 10.3 Å². The molecule has 1 aliphatic rings. The number of nitrogens with one attached hydrogen (secondary N) is 2. The van der Waals surface area contributed by atoms with Crippen molar-refractivity contribution in [3.63, 3.8) is 0 Å². The van der Waals surface area contributed by atoms with Crippen LogP contribution in [0.5, 0.6) is 5.75 Å². The third kappa shape index (κ3) is 4.44. The number of nitrogens with zero attached hydrogens (tertiary/aromatic N) is 4. The molecule has 3 heterocycles. The van der Waals surface area contributed by atoms with Crippen molar-refractivity contribution in [3.8, 4) is 16.3 Å². The maximum atomic E-state index is 12.8. The molecule has 1 aromatic carbocycles. The Morgan fingerprint density at radius 2 is 2.14 bits per heavy atom. The normalized spacial score (nSPS) is 16.6. The summed E-state index contributed by atoms with van der Waals surface area (Å²) in [4.78, 5) is 18.6. The molecule has 1 unspecified atom stereocenters. The van der Waals surface area contributed by atoms with Gasteiger partial charge in [-0.15, -0.1) is 10.2 Å². The molecule has 4 rings (SSSR count). The average Bonchev–Trinajstić information content (AvgIpc) is 3.22. The first-order valence-electron chi connectivity index (χ1n) is 9.00. The summed E-state index contributed by atoms with van der Waals surface area (Å²) in [5.74, 6) is 0.685. The van der Waals surface area contributed by atoms with Gasteiger partial charge in [0.15, 0.2) is 0 Å². The molecule has 0 bridgehead atoms. The lowest BCUT2D eigenvalue weighted by molar-refractivity contribution is 0.133. The summed E-state index contributed by atoms with van der Waals surface area (Å²) in [7, 11) is 0. The first kappa shape index (κ1) is 18.3. The molecule has 1 atom stereocenters. The summed E-state index contributed by atoms with van der Waals surface area (Å²) in [6.45, 7) is 2.38. The van der Waals surface area contributed by atoms with Crippen molar-refractivity contribution in [2.24, 2.45) is 0 Å². The van der Waals surface area contributed by atoms with Crippen LogP contribution < -0.4 is 15.4 Å². The summed E-state index contributed by atoms with van der Waals surface area (Å²) in [6.07, 6.45) is 3.35. The molecule has 0 spiro atoms. The van der Waals surface area contributed by atoms with Gasteiger partial charge < -0.3 is 15.0 Å². The Morgan fingerprint density at radius 1 is 1.25 bits per heavy atom. The number of carbonyl (C=O) groups excluding carboxylic acids is 1. The number of amides is 2. The number of hydrogen-bond donors (Lipinski definition) is 2. The zero-order valence-electron chi connectivity index (χ0n) is 15.1. The van der Waals surface area contributed by atoms with E-state index in [1.54, 1.807) is 17.3 Å². The van der Waals surface area contributed by atoms with Gasteiger partial charge in [-0.05, 0) is 12.1 Å². The molecule has 3 aromatic rings. The minimum absolute atomic E-state index is 0.0875. The first-order chi connectivity index (χ1) is 13.8. The topological polar surface area (TPSA) is 92.3 Å². The number of carbonyl (C=O) groups is 1. The van der Waals surface area contributed by atoms with Crippen molar-refractivity contribution in [1.29, 1.82) is 0 Å². The van der Waals surface area contributed by atoms with Gasteiger partial charge in [0.25, 0.3) is 0 Å². The van der Waals surface area contributed by atoms with E-state index in [0.29, 0.717) is 30.6 Å². The molecular formula is C19H20N6O2S. The van der Waals surface area contributed by atoms with Crippen molar-refractivity contribution in [2.75, 3.05) is 31.6 Å². The Balaban J connectivity index is 1.39. The zero-order chi connectivity index (χ0) is 19.2. The third-order valence-electron chi connectivity index (χ3n) is 4.35. The molecule has 1 fully saturated rings. The van der Waals surface area contributed by atoms with Gasteiger partial charge in [-0.25, -0.2) is 4.79 Å². The molecule has 2 aromatic heterocycles. The van der Waals surface area contributed by atoms with Gasteiger partial charge in [-0.1, -0.05) is 41.7 Å². The molecule has 2 amide bonds. The van der Waals surface area contributed by atoms with Crippen LogP contribution in [-0.2, 0) is 0 Å². The van der Waals surface area contributed by atoms with E-state index in [1.807, 2.05) is 42.5 Å². The quantitative estimate of drug-likeness (QED) is 0.688. The number of benzene rings is 1. The number of hydrogen-bond acceptors (Lipinski definition) is 7. The van der Waals surface area contributed by atoms with Crippen LogP contribution in [0.3, 0.4) is 0 Å². The number of urea groups is 1. The number of rotatable bonds is 5. The van der Waals surface area contributed by atoms with Gasteiger partial charge in [0.05, 0.1) is 12.2 Å². The van der Waals surface area contributed by atoms with E-state index in [2.05, 4.69) is 25.8 Å². The van der Waals surface area contributed by atoms with E-state index in [1.165, 1.54) is 11.3 Å². The Hall–Kier alpha value is -3.04. The molecule has 9 heteroatoms. The van der Waals surface area contributed by atoms with Gasteiger partial charge in [-0.2, -0.15) is 0 Å². The van der Waals surface area contributed by atoms with Gasteiger partial charge in [0.1, 0.15) is 17.4 Å². The van der Waals surface area contributed by atoms with Crippen molar-refractivity contribution < 1.29 is 9.53 Å². The van der Waals surface area contributed by atoms with Crippen molar-refractivity contribution in [2.45, 2.75) is 6.04 Å². The number of anilines is 1.